The third-order valence-corrected chi connectivity index (χ3v) is 5.61. The minimum Gasteiger partial charge on any atom is -0.356 e. The zero-order valence-corrected chi connectivity index (χ0v) is 17.2. The molecule has 1 heterocycles. The number of benzene rings is 2. The maximum atomic E-state index is 6.18. The maximum Gasteiger partial charge on any atom is 0.191 e. The fourth-order valence-corrected chi connectivity index (χ4v) is 3.73. The summed E-state index contributed by atoms with van der Waals surface area (Å²) in [6, 6.07) is 16.6. The van der Waals surface area contributed by atoms with E-state index in [4.69, 9.17) is 11.6 Å². The van der Waals surface area contributed by atoms with Crippen LogP contribution in [0.4, 0.5) is 0 Å². The minimum atomic E-state index is 0.167. The van der Waals surface area contributed by atoms with Crippen molar-refractivity contribution in [3.05, 3.63) is 82.9 Å². The normalized spacial score (nSPS) is 15.2. The molecule has 7 heteroatoms. The molecule has 1 aromatic heterocycles. The Bertz CT molecular complexity index is 978. The van der Waals surface area contributed by atoms with Crippen molar-refractivity contribution in [1.29, 1.82) is 0 Å². The average Bonchev–Trinajstić information content (AvgIpc) is 3.36. The van der Waals surface area contributed by atoms with E-state index in [0.717, 1.165) is 17.5 Å². The van der Waals surface area contributed by atoms with Crippen molar-refractivity contribution in [2.45, 2.75) is 31.3 Å². The fraction of sp³-hybridized carbons (Fsp3) is 0.318. The van der Waals surface area contributed by atoms with Crippen LogP contribution in [0.5, 0.6) is 0 Å². The monoisotopic (exact) mass is 408 g/mol. The third-order valence-electron chi connectivity index (χ3n) is 5.37. The quantitative estimate of drug-likeness (QED) is 0.464. The molecule has 0 atom stereocenters. The van der Waals surface area contributed by atoms with Gasteiger partial charge in [-0.3, -0.25) is 4.99 Å². The number of guanidine groups is 1. The van der Waals surface area contributed by atoms with Crippen molar-refractivity contribution in [1.82, 2.24) is 25.4 Å². The van der Waals surface area contributed by atoms with Gasteiger partial charge >= 0.3 is 0 Å². The van der Waals surface area contributed by atoms with Crippen LogP contribution in [0.25, 0.3) is 0 Å². The maximum absolute atomic E-state index is 6.18. The van der Waals surface area contributed by atoms with Crippen molar-refractivity contribution in [2.75, 3.05) is 13.6 Å². The largest absolute Gasteiger partial charge is 0.356 e. The summed E-state index contributed by atoms with van der Waals surface area (Å²) >= 11 is 6.18. The van der Waals surface area contributed by atoms with E-state index in [1.165, 1.54) is 29.5 Å². The number of aromatic nitrogens is 3. The molecule has 2 N–H and O–H groups in total. The van der Waals surface area contributed by atoms with E-state index < -0.39 is 0 Å². The standard InChI is InChI=1S/C22H25ClN6/c1-24-21(27-14-22(8-9-22)19-6-3-7-20(23)11-19)26-12-17-4-2-5-18(10-17)13-29-16-25-15-28-29/h2-7,10-11,15-16H,8-9,12-14H2,1H3,(H2,24,26,27). The molecule has 0 bridgehead atoms. The van der Waals surface area contributed by atoms with Gasteiger partial charge in [-0.15, -0.1) is 0 Å². The van der Waals surface area contributed by atoms with Gasteiger partial charge in [0.1, 0.15) is 12.7 Å². The number of hydrogen-bond acceptors (Lipinski definition) is 3. The second-order valence-electron chi connectivity index (χ2n) is 7.48. The van der Waals surface area contributed by atoms with Gasteiger partial charge in [0.15, 0.2) is 5.96 Å². The highest BCUT2D eigenvalue weighted by Crippen LogP contribution is 2.48. The average molecular weight is 409 g/mol. The molecule has 1 aliphatic carbocycles. The number of nitrogens with one attached hydrogen (secondary N) is 2. The molecule has 0 saturated heterocycles. The molecule has 3 aromatic rings. The summed E-state index contributed by atoms with van der Waals surface area (Å²) in [7, 11) is 1.80. The highest BCUT2D eigenvalue weighted by atomic mass is 35.5. The van der Waals surface area contributed by atoms with Gasteiger partial charge in [0.25, 0.3) is 0 Å². The second kappa shape index (κ2) is 8.66. The number of halogens is 1. The lowest BCUT2D eigenvalue weighted by Crippen LogP contribution is -2.40. The van der Waals surface area contributed by atoms with Crippen molar-refractivity contribution >= 4 is 17.6 Å². The highest BCUT2D eigenvalue weighted by Gasteiger charge is 2.44. The Kier molecular flexibility index (Phi) is 5.81. The van der Waals surface area contributed by atoms with Gasteiger partial charge in [0.05, 0.1) is 6.54 Å². The summed E-state index contributed by atoms with van der Waals surface area (Å²) in [6.07, 6.45) is 5.62. The van der Waals surface area contributed by atoms with Crippen molar-refractivity contribution in [3.63, 3.8) is 0 Å². The molecule has 0 spiro atoms. The Hall–Kier alpha value is -2.86. The molecule has 29 heavy (non-hydrogen) atoms. The summed E-state index contributed by atoms with van der Waals surface area (Å²) in [4.78, 5) is 8.37. The van der Waals surface area contributed by atoms with Gasteiger partial charge in [-0.1, -0.05) is 48.0 Å². The zero-order valence-electron chi connectivity index (χ0n) is 16.5. The third kappa shape index (κ3) is 4.95. The van der Waals surface area contributed by atoms with Crippen molar-refractivity contribution in [3.8, 4) is 0 Å². The molecular weight excluding hydrogens is 384 g/mol. The first-order chi connectivity index (χ1) is 14.2. The van der Waals surface area contributed by atoms with E-state index in [0.29, 0.717) is 13.1 Å². The van der Waals surface area contributed by atoms with E-state index >= 15 is 0 Å². The molecule has 4 rings (SSSR count). The van der Waals surface area contributed by atoms with Gasteiger partial charge in [-0.2, -0.15) is 5.10 Å². The van der Waals surface area contributed by atoms with Crippen LogP contribution < -0.4 is 10.6 Å². The van der Waals surface area contributed by atoms with Gasteiger partial charge in [-0.25, -0.2) is 9.67 Å². The molecule has 0 aliphatic heterocycles. The molecule has 0 radical (unpaired) electrons. The van der Waals surface area contributed by atoms with E-state index in [-0.39, 0.29) is 5.41 Å². The number of aliphatic imine (C=N–C) groups is 1. The first-order valence-corrected chi connectivity index (χ1v) is 10.2. The molecule has 6 nitrogen and oxygen atoms in total. The van der Waals surface area contributed by atoms with E-state index in [1.54, 1.807) is 19.7 Å². The molecule has 0 unspecified atom stereocenters. The molecule has 150 valence electrons. The Labute approximate surface area is 176 Å². The molecule has 1 fully saturated rings. The Morgan fingerprint density at radius 3 is 2.69 bits per heavy atom. The number of rotatable bonds is 7. The smallest absolute Gasteiger partial charge is 0.191 e. The van der Waals surface area contributed by atoms with E-state index in [2.05, 4.69) is 62.1 Å². The molecule has 0 amide bonds. The van der Waals surface area contributed by atoms with Crippen LogP contribution in [0.1, 0.15) is 29.5 Å². The van der Waals surface area contributed by atoms with Crippen LogP contribution in [0, 0.1) is 0 Å². The van der Waals surface area contributed by atoms with Crippen LogP contribution in [-0.2, 0) is 18.5 Å². The molecule has 1 saturated carbocycles. The van der Waals surface area contributed by atoms with Crippen LogP contribution in [0.2, 0.25) is 5.02 Å². The lowest BCUT2D eigenvalue weighted by molar-refractivity contribution is 0.645. The Morgan fingerprint density at radius 2 is 1.97 bits per heavy atom. The topological polar surface area (TPSA) is 67.1 Å². The number of nitrogens with zero attached hydrogens (tertiary/aromatic N) is 4. The summed E-state index contributed by atoms with van der Waals surface area (Å²) in [5.41, 5.74) is 3.85. The van der Waals surface area contributed by atoms with Crippen molar-refractivity contribution in [2.24, 2.45) is 4.99 Å². The SMILES string of the molecule is CN=C(NCc1cccc(Cn2cncn2)c1)NCC1(c2cccc(Cl)c2)CC1. The van der Waals surface area contributed by atoms with Gasteiger partial charge in [0.2, 0.25) is 0 Å². The van der Waals surface area contributed by atoms with E-state index in [9.17, 15) is 0 Å². The minimum absolute atomic E-state index is 0.167. The first kappa shape index (κ1) is 19.5. The van der Waals surface area contributed by atoms with E-state index in [1.807, 2.05) is 16.8 Å². The summed E-state index contributed by atoms with van der Waals surface area (Å²) in [5.74, 6) is 0.806. The lowest BCUT2D eigenvalue weighted by atomic mass is 9.96. The summed E-state index contributed by atoms with van der Waals surface area (Å²) in [6.45, 7) is 2.26. The van der Waals surface area contributed by atoms with Gasteiger partial charge in [0, 0.05) is 30.6 Å². The Balaban J connectivity index is 1.32. The molecule has 2 aromatic carbocycles. The van der Waals surface area contributed by atoms with Gasteiger partial charge < -0.3 is 10.6 Å². The molecular formula is C22H25ClN6. The predicted octanol–water partition coefficient (Wildman–Crippen LogP) is 3.38. The summed E-state index contributed by atoms with van der Waals surface area (Å²) in [5, 5.41) is 11.9. The summed E-state index contributed by atoms with van der Waals surface area (Å²) < 4.78 is 1.82. The fourth-order valence-electron chi connectivity index (χ4n) is 3.54. The Morgan fingerprint density at radius 1 is 1.14 bits per heavy atom. The number of hydrogen-bond donors (Lipinski definition) is 2. The highest BCUT2D eigenvalue weighted by molar-refractivity contribution is 6.30. The van der Waals surface area contributed by atoms with Crippen molar-refractivity contribution < 1.29 is 0 Å². The second-order valence-corrected chi connectivity index (χ2v) is 7.92. The van der Waals surface area contributed by atoms with Crippen LogP contribution in [0.3, 0.4) is 0 Å². The van der Waals surface area contributed by atoms with Crippen LogP contribution in [-0.4, -0.2) is 34.3 Å². The first-order valence-electron chi connectivity index (χ1n) is 9.78. The van der Waals surface area contributed by atoms with Crippen LogP contribution >= 0.6 is 11.6 Å². The predicted molar refractivity (Wildman–Crippen MR) is 116 cm³/mol. The van der Waals surface area contributed by atoms with Crippen LogP contribution in [0.15, 0.2) is 66.2 Å². The lowest BCUT2D eigenvalue weighted by Gasteiger charge is -2.19. The zero-order chi connectivity index (χ0) is 20.1. The van der Waals surface area contributed by atoms with Gasteiger partial charge in [-0.05, 0) is 41.7 Å². The molecule has 1 aliphatic rings.